The molecule has 2 aromatic carbocycles. The maximum Gasteiger partial charge on any atom is 0.288 e. The molecule has 0 saturated heterocycles. The number of rotatable bonds is 4. The largest absolute Gasteiger partial charge is 0.346 e. The van der Waals surface area contributed by atoms with E-state index < -0.39 is 4.92 Å². The molecule has 0 aromatic heterocycles. The summed E-state index contributed by atoms with van der Waals surface area (Å²) in [5.74, 6) is -0.383. The van der Waals surface area contributed by atoms with Gasteiger partial charge in [0.1, 0.15) is 5.02 Å². The SMILES string of the molecule is C[C@H](NC(=O)c1ccc(Cl)c([N+](=O)[O-])c1)c1ccccc1. The van der Waals surface area contributed by atoms with Crippen molar-refractivity contribution in [2.75, 3.05) is 0 Å². The molecule has 0 radical (unpaired) electrons. The lowest BCUT2D eigenvalue weighted by molar-refractivity contribution is -0.384. The molecule has 0 aliphatic heterocycles. The number of halogens is 1. The highest BCUT2D eigenvalue weighted by molar-refractivity contribution is 6.32. The van der Waals surface area contributed by atoms with E-state index in [0.29, 0.717) is 0 Å². The minimum absolute atomic E-state index is 0.00709. The molecule has 1 N–H and O–H groups in total. The lowest BCUT2D eigenvalue weighted by Gasteiger charge is -2.14. The Morgan fingerprint density at radius 2 is 1.90 bits per heavy atom. The van der Waals surface area contributed by atoms with Gasteiger partial charge in [-0.25, -0.2) is 0 Å². The van der Waals surface area contributed by atoms with Gasteiger partial charge in [0, 0.05) is 11.6 Å². The van der Waals surface area contributed by atoms with Crippen LogP contribution in [0.5, 0.6) is 0 Å². The molecule has 108 valence electrons. The first kappa shape index (κ1) is 15.0. The van der Waals surface area contributed by atoms with Crippen molar-refractivity contribution in [2.45, 2.75) is 13.0 Å². The summed E-state index contributed by atoms with van der Waals surface area (Å²) >= 11 is 5.72. The van der Waals surface area contributed by atoms with E-state index >= 15 is 0 Å². The van der Waals surface area contributed by atoms with Gasteiger partial charge in [-0.1, -0.05) is 41.9 Å². The Morgan fingerprint density at radius 3 is 2.52 bits per heavy atom. The molecule has 0 bridgehead atoms. The zero-order chi connectivity index (χ0) is 15.4. The van der Waals surface area contributed by atoms with Crippen LogP contribution in [0.1, 0.15) is 28.9 Å². The number of carbonyl (C=O) groups excluding carboxylic acids is 1. The molecule has 0 saturated carbocycles. The summed E-state index contributed by atoms with van der Waals surface area (Å²) < 4.78 is 0. The average molecular weight is 305 g/mol. The first-order chi connectivity index (χ1) is 9.99. The minimum atomic E-state index is -0.611. The standard InChI is InChI=1S/C15H13ClN2O3/c1-10(11-5-3-2-4-6-11)17-15(19)12-7-8-13(16)14(9-12)18(20)21/h2-10H,1H3,(H,17,19)/t10-/m0/s1. The number of hydrogen-bond acceptors (Lipinski definition) is 3. The third kappa shape index (κ3) is 3.58. The van der Waals surface area contributed by atoms with Gasteiger partial charge in [0.15, 0.2) is 0 Å². The van der Waals surface area contributed by atoms with Crippen molar-refractivity contribution in [1.82, 2.24) is 5.32 Å². The number of nitro benzene ring substituents is 1. The predicted molar refractivity (Wildman–Crippen MR) is 80.4 cm³/mol. The third-order valence-corrected chi connectivity index (χ3v) is 3.37. The molecule has 1 atom stereocenters. The predicted octanol–water partition coefficient (Wildman–Crippen LogP) is 3.74. The highest BCUT2D eigenvalue weighted by Crippen LogP contribution is 2.25. The van der Waals surface area contributed by atoms with Crippen LogP contribution in [0.15, 0.2) is 48.5 Å². The molecule has 0 aliphatic carbocycles. The van der Waals surface area contributed by atoms with E-state index in [1.165, 1.54) is 18.2 Å². The highest BCUT2D eigenvalue weighted by atomic mass is 35.5. The molecule has 1 amide bonds. The summed E-state index contributed by atoms with van der Waals surface area (Å²) in [5.41, 5.74) is 0.875. The van der Waals surface area contributed by atoms with E-state index in [1.807, 2.05) is 37.3 Å². The van der Waals surface area contributed by atoms with Crippen molar-refractivity contribution in [3.63, 3.8) is 0 Å². The van der Waals surface area contributed by atoms with Crippen LogP contribution in [-0.2, 0) is 0 Å². The van der Waals surface area contributed by atoms with E-state index in [-0.39, 0.29) is 28.2 Å². The summed E-state index contributed by atoms with van der Waals surface area (Å²) in [4.78, 5) is 22.4. The van der Waals surface area contributed by atoms with Gasteiger partial charge in [-0.2, -0.15) is 0 Å². The van der Waals surface area contributed by atoms with Gasteiger partial charge < -0.3 is 5.32 Å². The first-order valence-corrected chi connectivity index (χ1v) is 6.66. The maximum absolute atomic E-state index is 12.1. The van der Waals surface area contributed by atoms with Crippen molar-refractivity contribution in [3.8, 4) is 0 Å². The summed E-state index contributed by atoms with van der Waals surface area (Å²) in [5, 5.41) is 13.6. The van der Waals surface area contributed by atoms with Crippen molar-refractivity contribution in [1.29, 1.82) is 0 Å². The number of benzene rings is 2. The van der Waals surface area contributed by atoms with Crippen LogP contribution in [0.4, 0.5) is 5.69 Å². The Labute approximate surface area is 126 Å². The van der Waals surface area contributed by atoms with Crippen LogP contribution >= 0.6 is 11.6 Å². The number of amides is 1. The van der Waals surface area contributed by atoms with E-state index in [2.05, 4.69) is 5.32 Å². The zero-order valence-corrected chi connectivity index (χ0v) is 12.0. The Kier molecular flexibility index (Phi) is 4.55. The highest BCUT2D eigenvalue weighted by Gasteiger charge is 2.17. The number of carbonyl (C=O) groups is 1. The number of nitrogens with one attached hydrogen (secondary N) is 1. The average Bonchev–Trinajstić information content (AvgIpc) is 2.48. The molecule has 2 rings (SSSR count). The normalized spacial score (nSPS) is 11.7. The second kappa shape index (κ2) is 6.37. The quantitative estimate of drug-likeness (QED) is 0.691. The minimum Gasteiger partial charge on any atom is -0.346 e. The smallest absolute Gasteiger partial charge is 0.288 e. The fourth-order valence-electron chi connectivity index (χ4n) is 1.90. The van der Waals surface area contributed by atoms with Crippen LogP contribution in [0, 0.1) is 10.1 Å². The number of hydrogen-bond donors (Lipinski definition) is 1. The van der Waals surface area contributed by atoms with Crippen LogP contribution in [0.2, 0.25) is 5.02 Å². The maximum atomic E-state index is 12.1. The van der Waals surface area contributed by atoms with Gasteiger partial charge in [0.25, 0.3) is 11.6 Å². The van der Waals surface area contributed by atoms with Crippen molar-refractivity contribution in [3.05, 3.63) is 74.8 Å². The van der Waals surface area contributed by atoms with Gasteiger partial charge in [-0.3, -0.25) is 14.9 Å². The van der Waals surface area contributed by atoms with Crippen LogP contribution < -0.4 is 5.32 Å². The van der Waals surface area contributed by atoms with Gasteiger partial charge in [0.05, 0.1) is 11.0 Å². The lowest BCUT2D eigenvalue weighted by Crippen LogP contribution is -2.26. The molecule has 21 heavy (non-hydrogen) atoms. The zero-order valence-electron chi connectivity index (χ0n) is 11.2. The fraction of sp³-hybridized carbons (Fsp3) is 0.133. The molecule has 0 fully saturated rings. The number of nitro groups is 1. The summed E-state index contributed by atoms with van der Waals surface area (Å²) in [6.07, 6.45) is 0. The Hall–Kier alpha value is -2.40. The molecule has 5 nitrogen and oxygen atoms in total. The Balaban J connectivity index is 2.17. The molecule has 6 heteroatoms. The molecule has 0 heterocycles. The van der Waals surface area contributed by atoms with E-state index in [9.17, 15) is 14.9 Å². The van der Waals surface area contributed by atoms with E-state index in [4.69, 9.17) is 11.6 Å². The van der Waals surface area contributed by atoms with Gasteiger partial charge >= 0.3 is 0 Å². The summed E-state index contributed by atoms with van der Waals surface area (Å²) in [6, 6.07) is 13.2. The summed E-state index contributed by atoms with van der Waals surface area (Å²) in [6.45, 7) is 1.84. The van der Waals surface area contributed by atoms with E-state index in [0.717, 1.165) is 5.56 Å². The van der Waals surface area contributed by atoms with Crippen molar-refractivity contribution < 1.29 is 9.72 Å². The molecule has 0 unspecified atom stereocenters. The molecular formula is C15H13ClN2O3. The Morgan fingerprint density at radius 1 is 1.24 bits per heavy atom. The fourth-order valence-corrected chi connectivity index (χ4v) is 2.09. The lowest BCUT2D eigenvalue weighted by atomic mass is 10.1. The van der Waals surface area contributed by atoms with Crippen LogP contribution in [0.3, 0.4) is 0 Å². The monoisotopic (exact) mass is 304 g/mol. The first-order valence-electron chi connectivity index (χ1n) is 6.29. The van der Waals surface area contributed by atoms with Crippen molar-refractivity contribution in [2.24, 2.45) is 0 Å². The van der Waals surface area contributed by atoms with E-state index in [1.54, 1.807) is 0 Å². The topological polar surface area (TPSA) is 72.2 Å². The second-order valence-corrected chi connectivity index (χ2v) is 4.94. The molecule has 0 spiro atoms. The molecule has 2 aromatic rings. The number of nitrogens with zero attached hydrogens (tertiary/aromatic N) is 1. The molecule has 0 aliphatic rings. The van der Waals surface area contributed by atoms with Gasteiger partial charge in [0.2, 0.25) is 0 Å². The van der Waals surface area contributed by atoms with Gasteiger partial charge in [-0.15, -0.1) is 0 Å². The van der Waals surface area contributed by atoms with Crippen LogP contribution in [-0.4, -0.2) is 10.8 Å². The molecular weight excluding hydrogens is 292 g/mol. The van der Waals surface area contributed by atoms with Crippen LogP contribution in [0.25, 0.3) is 0 Å². The third-order valence-electron chi connectivity index (χ3n) is 3.05. The Bertz CT molecular complexity index is 674. The van der Waals surface area contributed by atoms with Gasteiger partial charge in [-0.05, 0) is 24.6 Å². The second-order valence-electron chi connectivity index (χ2n) is 4.53. The van der Waals surface area contributed by atoms with Crippen molar-refractivity contribution >= 4 is 23.2 Å². The summed E-state index contributed by atoms with van der Waals surface area (Å²) in [7, 11) is 0.